The summed E-state index contributed by atoms with van der Waals surface area (Å²) < 4.78 is 0. The number of hydrogen-bond acceptors (Lipinski definition) is 3. The molecular formula is C11H18N4O. The van der Waals surface area contributed by atoms with Crippen LogP contribution in [0, 0.1) is 0 Å². The van der Waals surface area contributed by atoms with E-state index in [1.54, 1.807) is 6.20 Å². The molecule has 2 heterocycles. The van der Waals surface area contributed by atoms with E-state index in [0.717, 1.165) is 25.8 Å². The number of carbonyl (C=O) groups is 1. The van der Waals surface area contributed by atoms with Gasteiger partial charge in [0.05, 0.1) is 12.5 Å². The van der Waals surface area contributed by atoms with Gasteiger partial charge in [-0.1, -0.05) is 0 Å². The molecule has 3 N–H and O–H groups in total. The van der Waals surface area contributed by atoms with Gasteiger partial charge in [0, 0.05) is 12.6 Å². The van der Waals surface area contributed by atoms with Crippen molar-refractivity contribution in [1.82, 2.24) is 14.9 Å². The van der Waals surface area contributed by atoms with Crippen molar-refractivity contribution in [3.8, 4) is 0 Å². The molecule has 0 saturated carbocycles. The minimum atomic E-state index is 0.0515. The highest BCUT2D eigenvalue weighted by Crippen LogP contribution is 2.20. The lowest BCUT2D eigenvalue weighted by Crippen LogP contribution is -2.44. The van der Waals surface area contributed by atoms with Crippen LogP contribution in [0.15, 0.2) is 12.5 Å². The summed E-state index contributed by atoms with van der Waals surface area (Å²) >= 11 is 0. The van der Waals surface area contributed by atoms with Crippen molar-refractivity contribution < 1.29 is 4.79 Å². The quantitative estimate of drug-likeness (QED) is 0.792. The predicted molar refractivity (Wildman–Crippen MR) is 60.9 cm³/mol. The monoisotopic (exact) mass is 222 g/mol. The summed E-state index contributed by atoms with van der Waals surface area (Å²) in [6, 6.07) is 0.301. The zero-order valence-electron chi connectivity index (χ0n) is 9.35. The van der Waals surface area contributed by atoms with Crippen LogP contribution < -0.4 is 5.73 Å². The normalized spacial score (nSPS) is 21.1. The van der Waals surface area contributed by atoms with Crippen molar-refractivity contribution in [2.45, 2.75) is 31.7 Å². The molecule has 2 rings (SSSR count). The van der Waals surface area contributed by atoms with E-state index in [2.05, 4.69) is 9.97 Å². The Balaban J connectivity index is 2.08. The molecule has 0 radical (unpaired) electrons. The molecule has 0 aliphatic carbocycles. The van der Waals surface area contributed by atoms with Gasteiger partial charge in [-0.25, -0.2) is 4.98 Å². The molecule has 1 aliphatic rings. The molecule has 1 aromatic rings. The first-order chi connectivity index (χ1) is 7.83. The Kier molecular flexibility index (Phi) is 3.56. The highest BCUT2D eigenvalue weighted by atomic mass is 16.2. The molecule has 5 nitrogen and oxygen atoms in total. The molecule has 1 aliphatic heterocycles. The lowest BCUT2D eigenvalue weighted by atomic mass is 9.99. The highest BCUT2D eigenvalue weighted by Gasteiger charge is 2.27. The van der Waals surface area contributed by atoms with E-state index in [-0.39, 0.29) is 5.91 Å². The average molecular weight is 222 g/mol. The number of H-pyrrole nitrogens is 1. The van der Waals surface area contributed by atoms with E-state index < -0.39 is 0 Å². The number of rotatable bonds is 3. The van der Waals surface area contributed by atoms with Gasteiger partial charge in [-0.15, -0.1) is 0 Å². The van der Waals surface area contributed by atoms with Crippen LogP contribution in [0.4, 0.5) is 0 Å². The molecule has 0 aromatic carbocycles. The maximum Gasteiger partial charge on any atom is 0.272 e. The number of nitrogens with zero attached hydrogens (tertiary/aromatic N) is 2. The second kappa shape index (κ2) is 5.12. The van der Waals surface area contributed by atoms with Crippen LogP contribution >= 0.6 is 0 Å². The number of likely N-dealkylation sites (tertiary alicyclic amines) is 1. The third-order valence-corrected chi connectivity index (χ3v) is 3.12. The van der Waals surface area contributed by atoms with Crippen LogP contribution in [0.5, 0.6) is 0 Å². The van der Waals surface area contributed by atoms with Gasteiger partial charge in [0.2, 0.25) is 0 Å². The third-order valence-electron chi connectivity index (χ3n) is 3.12. The van der Waals surface area contributed by atoms with E-state index in [0.29, 0.717) is 18.3 Å². The summed E-state index contributed by atoms with van der Waals surface area (Å²) in [5.41, 5.74) is 6.16. The van der Waals surface area contributed by atoms with Crippen LogP contribution in [0.1, 0.15) is 36.2 Å². The van der Waals surface area contributed by atoms with Gasteiger partial charge < -0.3 is 15.6 Å². The highest BCUT2D eigenvalue weighted by molar-refractivity contribution is 5.92. The number of carbonyl (C=O) groups excluding carboxylic acids is 1. The Labute approximate surface area is 95.0 Å². The summed E-state index contributed by atoms with van der Waals surface area (Å²) in [6.45, 7) is 1.47. The second-order valence-corrected chi connectivity index (χ2v) is 4.19. The van der Waals surface area contributed by atoms with Crippen LogP contribution in [-0.2, 0) is 0 Å². The van der Waals surface area contributed by atoms with E-state index in [4.69, 9.17) is 5.73 Å². The van der Waals surface area contributed by atoms with E-state index >= 15 is 0 Å². The fourth-order valence-corrected chi connectivity index (χ4v) is 2.29. The summed E-state index contributed by atoms with van der Waals surface area (Å²) in [5, 5.41) is 0. The number of amides is 1. The van der Waals surface area contributed by atoms with Crippen LogP contribution in [-0.4, -0.2) is 39.9 Å². The summed E-state index contributed by atoms with van der Waals surface area (Å²) in [5.74, 6) is 0.0515. The van der Waals surface area contributed by atoms with E-state index in [1.807, 2.05) is 4.90 Å². The van der Waals surface area contributed by atoms with Gasteiger partial charge in [0.1, 0.15) is 5.69 Å². The molecule has 1 aromatic heterocycles. The SMILES string of the molecule is NCCC1CCCCN1C(=O)c1cnc[nH]1. The first kappa shape index (κ1) is 11.1. The van der Waals surface area contributed by atoms with Crippen molar-refractivity contribution in [2.75, 3.05) is 13.1 Å². The molecule has 1 saturated heterocycles. The van der Waals surface area contributed by atoms with Gasteiger partial charge in [-0.05, 0) is 32.2 Å². The molecule has 0 bridgehead atoms. The standard InChI is InChI=1S/C11H18N4O/c12-5-4-9-3-1-2-6-15(9)11(16)10-7-13-8-14-10/h7-9H,1-6,12H2,(H,13,14). The lowest BCUT2D eigenvalue weighted by Gasteiger charge is -2.35. The molecule has 1 unspecified atom stereocenters. The van der Waals surface area contributed by atoms with Gasteiger partial charge >= 0.3 is 0 Å². The summed E-state index contributed by atoms with van der Waals surface area (Å²) in [7, 11) is 0. The van der Waals surface area contributed by atoms with Gasteiger partial charge in [0.15, 0.2) is 0 Å². The van der Waals surface area contributed by atoms with E-state index in [1.165, 1.54) is 12.7 Å². The molecule has 0 spiro atoms. The zero-order chi connectivity index (χ0) is 11.4. The number of aromatic nitrogens is 2. The summed E-state index contributed by atoms with van der Waals surface area (Å²) in [4.78, 5) is 20.8. The average Bonchev–Trinajstić information content (AvgIpc) is 2.83. The maximum absolute atomic E-state index is 12.2. The van der Waals surface area contributed by atoms with Gasteiger partial charge in [-0.3, -0.25) is 4.79 Å². The van der Waals surface area contributed by atoms with Crippen LogP contribution in [0.3, 0.4) is 0 Å². The first-order valence-corrected chi connectivity index (χ1v) is 5.82. The number of imidazole rings is 1. The van der Waals surface area contributed by atoms with Crippen molar-refractivity contribution in [2.24, 2.45) is 5.73 Å². The molecule has 1 fully saturated rings. The Bertz CT molecular complexity index is 334. The number of aromatic amines is 1. The largest absolute Gasteiger partial charge is 0.341 e. The molecule has 5 heteroatoms. The van der Waals surface area contributed by atoms with Crippen LogP contribution in [0.2, 0.25) is 0 Å². The van der Waals surface area contributed by atoms with Crippen molar-refractivity contribution in [1.29, 1.82) is 0 Å². The zero-order valence-corrected chi connectivity index (χ0v) is 9.35. The minimum Gasteiger partial charge on any atom is -0.341 e. The first-order valence-electron chi connectivity index (χ1n) is 5.82. The minimum absolute atomic E-state index is 0.0515. The van der Waals surface area contributed by atoms with Crippen molar-refractivity contribution in [3.63, 3.8) is 0 Å². The van der Waals surface area contributed by atoms with E-state index in [9.17, 15) is 4.79 Å². The Morgan fingerprint density at radius 1 is 1.62 bits per heavy atom. The third kappa shape index (κ3) is 2.24. The second-order valence-electron chi connectivity index (χ2n) is 4.19. The number of nitrogens with two attached hydrogens (primary N) is 1. The molecule has 16 heavy (non-hydrogen) atoms. The van der Waals surface area contributed by atoms with Gasteiger partial charge in [0.25, 0.3) is 5.91 Å². The smallest absolute Gasteiger partial charge is 0.272 e. The van der Waals surface area contributed by atoms with Crippen molar-refractivity contribution in [3.05, 3.63) is 18.2 Å². The number of piperidine rings is 1. The lowest BCUT2D eigenvalue weighted by molar-refractivity contribution is 0.0599. The molecular weight excluding hydrogens is 204 g/mol. The fourth-order valence-electron chi connectivity index (χ4n) is 2.29. The van der Waals surface area contributed by atoms with Crippen LogP contribution in [0.25, 0.3) is 0 Å². The topological polar surface area (TPSA) is 75.0 Å². The molecule has 88 valence electrons. The van der Waals surface area contributed by atoms with Gasteiger partial charge in [-0.2, -0.15) is 0 Å². The molecule has 1 amide bonds. The Morgan fingerprint density at radius 3 is 3.19 bits per heavy atom. The van der Waals surface area contributed by atoms with Crippen molar-refractivity contribution >= 4 is 5.91 Å². The Hall–Kier alpha value is -1.36. The predicted octanol–water partition coefficient (Wildman–Crippen LogP) is 0.753. The molecule has 1 atom stereocenters. The number of hydrogen-bond donors (Lipinski definition) is 2. The number of nitrogens with one attached hydrogen (secondary N) is 1. The maximum atomic E-state index is 12.2. The Morgan fingerprint density at radius 2 is 2.50 bits per heavy atom. The summed E-state index contributed by atoms with van der Waals surface area (Å²) in [6.07, 6.45) is 7.35. The fraction of sp³-hybridized carbons (Fsp3) is 0.636.